The summed E-state index contributed by atoms with van der Waals surface area (Å²) in [5, 5.41) is 0. The highest BCUT2D eigenvalue weighted by atomic mass is 32.2. The van der Waals surface area contributed by atoms with E-state index in [1.807, 2.05) is 0 Å². The van der Waals surface area contributed by atoms with E-state index in [0.29, 0.717) is 23.2 Å². The maximum Gasteiger partial charge on any atom is 0.255 e. The van der Waals surface area contributed by atoms with Crippen molar-refractivity contribution >= 4 is 21.7 Å². The first kappa shape index (κ1) is 24.1. The molecule has 0 spiro atoms. The number of likely N-dealkylation sites (tertiary alicyclic amines) is 1. The molecule has 36 heavy (non-hydrogen) atoms. The summed E-state index contributed by atoms with van der Waals surface area (Å²) in [4.78, 5) is 31.6. The van der Waals surface area contributed by atoms with Gasteiger partial charge < -0.3 is 14.2 Å². The van der Waals surface area contributed by atoms with Gasteiger partial charge >= 0.3 is 0 Å². The van der Waals surface area contributed by atoms with Crippen molar-refractivity contribution in [3.05, 3.63) is 77.1 Å². The van der Waals surface area contributed by atoms with Crippen LogP contribution >= 0.6 is 0 Å². The number of halogens is 1. The monoisotopic (exact) mass is 512 g/mol. The molecule has 2 aliphatic heterocycles. The molecular formula is C25H25FN4O5S. The fourth-order valence-electron chi connectivity index (χ4n) is 4.78. The van der Waals surface area contributed by atoms with Crippen LogP contribution in [0.15, 0.2) is 53.8 Å². The average Bonchev–Trinajstić information content (AvgIpc) is 3.39. The molecule has 1 amide bonds. The van der Waals surface area contributed by atoms with E-state index in [2.05, 4.69) is 9.71 Å². The molecular weight excluding hydrogens is 487 g/mol. The number of ether oxygens (including phenoxy) is 1. The van der Waals surface area contributed by atoms with E-state index in [1.54, 1.807) is 43.3 Å². The minimum atomic E-state index is -4.04. The maximum atomic E-state index is 13.6. The lowest BCUT2D eigenvalue weighted by molar-refractivity contribution is 0.0781. The Labute approximate surface area is 207 Å². The maximum absolute atomic E-state index is 13.6. The number of aromatic nitrogens is 2. The average molecular weight is 513 g/mol. The molecule has 4 heterocycles. The molecule has 1 aromatic carbocycles. The van der Waals surface area contributed by atoms with Crippen LogP contribution in [0.4, 0.5) is 4.39 Å². The van der Waals surface area contributed by atoms with Gasteiger partial charge in [0.25, 0.3) is 5.91 Å². The molecule has 0 saturated carbocycles. The predicted molar refractivity (Wildman–Crippen MR) is 128 cm³/mol. The molecule has 2 aromatic heterocycles. The van der Waals surface area contributed by atoms with Gasteiger partial charge in [0.15, 0.2) is 11.5 Å². The number of hydrogen-bond donors (Lipinski definition) is 1. The molecule has 5 rings (SSSR count). The molecule has 9 nitrogen and oxygen atoms in total. The van der Waals surface area contributed by atoms with Gasteiger partial charge in [0, 0.05) is 57.1 Å². The van der Waals surface area contributed by atoms with Gasteiger partial charge in [-0.15, -0.1) is 0 Å². The third kappa shape index (κ3) is 4.40. The second kappa shape index (κ2) is 9.14. The summed E-state index contributed by atoms with van der Waals surface area (Å²) in [6, 6.07) is 7.22. The number of ketones is 1. The topological polar surface area (TPSA) is 111 Å². The molecule has 0 bridgehead atoms. The lowest BCUT2D eigenvalue weighted by atomic mass is 10.0. The lowest BCUT2D eigenvalue weighted by Gasteiger charge is -2.23. The van der Waals surface area contributed by atoms with Gasteiger partial charge in [-0.05, 0) is 36.2 Å². The number of pyridine rings is 1. The molecule has 0 radical (unpaired) electrons. The molecule has 1 N–H and O–H groups in total. The van der Waals surface area contributed by atoms with Crippen LogP contribution in [-0.2, 0) is 23.5 Å². The van der Waals surface area contributed by atoms with Crippen molar-refractivity contribution in [3.8, 4) is 5.75 Å². The molecule has 0 aliphatic carbocycles. The van der Waals surface area contributed by atoms with E-state index < -0.39 is 16.1 Å². The summed E-state index contributed by atoms with van der Waals surface area (Å²) in [6.45, 7) is 2.22. The van der Waals surface area contributed by atoms with Crippen LogP contribution in [0.25, 0.3) is 0 Å². The number of rotatable bonds is 4. The summed E-state index contributed by atoms with van der Waals surface area (Å²) < 4.78 is 50.4. The molecule has 1 saturated heterocycles. The first-order valence-electron chi connectivity index (χ1n) is 11.5. The van der Waals surface area contributed by atoms with Crippen LogP contribution in [0.5, 0.6) is 5.75 Å². The third-order valence-electron chi connectivity index (χ3n) is 6.63. The Morgan fingerprint density at radius 1 is 1.25 bits per heavy atom. The number of nitrogens with one attached hydrogen (secondary N) is 1. The highest BCUT2D eigenvalue weighted by Crippen LogP contribution is 2.35. The van der Waals surface area contributed by atoms with Gasteiger partial charge in [0.05, 0.1) is 12.2 Å². The number of Topliss-reactive ketones (excluding diaryl/α,β-unsaturated/α-hetero) is 1. The van der Waals surface area contributed by atoms with Crippen LogP contribution in [0.3, 0.4) is 0 Å². The Morgan fingerprint density at radius 2 is 2.06 bits per heavy atom. The smallest absolute Gasteiger partial charge is 0.255 e. The zero-order valence-corrected chi connectivity index (χ0v) is 20.6. The number of nitrogens with zero attached hydrogens (tertiary/aromatic N) is 3. The van der Waals surface area contributed by atoms with Crippen molar-refractivity contribution in [2.24, 2.45) is 13.0 Å². The van der Waals surface area contributed by atoms with Gasteiger partial charge in [-0.3, -0.25) is 14.6 Å². The number of amides is 1. The normalized spacial score (nSPS) is 20.6. The fourth-order valence-corrected chi connectivity index (χ4v) is 6.27. The standard InChI is InChI=1S/C25H25FN4O5S/c1-15-8-16(5-6-19(15)26)9-21(31)23-24-22(13-29(23)2)36(33,34)28-20-12-30(11-18(20)14-35-24)25(32)17-4-3-7-27-10-17/h3-8,10,13,18,20,28H,9,11-12,14H2,1-2H3. The van der Waals surface area contributed by atoms with Crippen molar-refractivity contribution in [2.75, 3.05) is 19.7 Å². The third-order valence-corrected chi connectivity index (χ3v) is 8.11. The largest absolute Gasteiger partial charge is 0.489 e. The van der Waals surface area contributed by atoms with Crippen molar-refractivity contribution in [1.29, 1.82) is 0 Å². The van der Waals surface area contributed by atoms with E-state index in [-0.39, 0.29) is 59.3 Å². The lowest BCUT2D eigenvalue weighted by Crippen LogP contribution is -2.43. The van der Waals surface area contributed by atoms with Gasteiger partial charge in [-0.2, -0.15) is 0 Å². The summed E-state index contributed by atoms with van der Waals surface area (Å²) in [5.41, 5.74) is 1.57. The van der Waals surface area contributed by atoms with Crippen LogP contribution in [0.1, 0.15) is 32.0 Å². The van der Waals surface area contributed by atoms with Gasteiger partial charge in [0.1, 0.15) is 16.4 Å². The number of fused-ring (bicyclic) bond motifs is 2. The van der Waals surface area contributed by atoms with Gasteiger partial charge in [-0.1, -0.05) is 12.1 Å². The number of carbonyl (C=O) groups excluding carboxylic acids is 2. The minimum Gasteiger partial charge on any atom is -0.489 e. The Bertz CT molecular complexity index is 1450. The summed E-state index contributed by atoms with van der Waals surface area (Å²) in [6.07, 6.45) is 4.36. The Kier molecular flexibility index (Phi) is 6.13. The highest BCUT2D eigenvalue weighted by Gasteiger charge is 2.42. The SMILES string of the molecule is Cc1cc(CC(=O)c2c3c(cn2C)S(=O)(=O)NC2CN(C(=O)c4cccnc4)CC2CO3)ccc1F. The molecule has 2 unspecified atom stereocenters. The van der Waals surface area contributed by atoms with Gasteiger partial charge in [-0.25, -0.2) is 17.5 Å². The second-order valence-electron chi connectivity index (χ2n) is 9.22. The van der Waals surface area contributed by atoms with Crippen LogP contribution < -0.4 is 9.46 Å². The van der Waals surface area contributed by atoms with E-state index >= 15 is 0 Å². The quantitative estimate of drug-likeness (QED) is 0.536. The Hall–Kier alpha value is -3.57. The summed E-state index contributed by atoms with van der Waals surface area (Å²) >= 11 is 0. The second-order valence-corrected chi connectivity index (χ2v) is 10.9. The van der Waals surface area contributed by atoms with E-state index in [4.69, 9.17) is 4.74 Å². The Balaban J connectivity index is 1.41. The predicted octanol–water partition coefficient (Wildman–Crippen LogP) is 2.10. The van der Waals surface area contributed by atoms with E-state index in [1.165, 1.54) is 29.1 Å². The summed E-state index contributed by atoms with van der Waals surface area (Å²) in [5.74, 6) is -1.27. The number of sulfonamides is 1. The molecule has 11 heteroatoms. The van der Waals surface area contributed by atoms with Crippen LogP contribution in [-0.4, -0.2) is 60.3 Å². The fraction of sp³-hybridized carbons (Fsp3) is 0.320. The molecule has 1 fully saturated rings. The minimum absolute atomic E-state index is 0.00989. The molecule has 3 aromatic rings. The van der Waals surface area contributed by atoms with Crippen molar-refractivity contribution in [3.63, 3.8) is 0 Å². The number of aryl methyl sites for hydroxylation is 2. The van der Waals surface area contributed by atoms with Crippen molar-refractivity contribution in [1.82, 2.24) is 19.2 Å². The number of carbonyl (C=O) groups is 2. The van der Waals surface area contributed by atoms with Crippen molar-refractivity contribution < 1.29 is 27.1 Å². The first-order chi connectivity index (χ1) is 17.1. The first-order valence-corrected chi connectivity index (χ1v) is 12.9. The number of benzene rings is 1. The van der Waals surface area contributed by atoms with Crippen LogP contribution in [0.2, 0.25) is 0 Å². The molecule has 2 aliphatic rings. The van der Waals surface area contributed by atoms with E-state index in [9.17, 15) is 22.4 Å². The van der Waals surface area contributed by atoms with Crippen LogP contribution in [0, 0.1) is 18.7 Å². The molecule has 2 atom stereocenters. The molecule has 188 valence electrons. The summed E-state index contributed by atoms with van der Waals surface area (Å²) in [7, 11) is -2.45. The highest BCUT2D eigenvalue weighted by molar-refractivity contribution is 7.89. The van der Waals surface area contributed by atoms with Crippen molar-refractivity contribution in [2.45, 2.75) is 24.3 Å². The van der Waals surface area contributed by atoms with Gasteiger partial charge in [0.2, 0.25) is 10.0 Å². The Morgan fingerprint density at radius 3 is 2.78 bits per heavy atom. The zero-order chi connectivity index (χ0) is 25.6. The zero-order valence-electron chi connectivity index (χ0n) is 19.8. The number of hydrogen-bond acceptors (Lipinski definition) is 6. The van der Waals surface area contributed by atoms with E-state index in [0.717, 1.165) is 0 Å².